The molecule has 2 heterocycles. The van der Waals surface area contributed by atoms with E-state index >= 15 is 0 Å². The fourth-order valence-corrected chi connectivity index (χ4v) is 3.21. The van der Waals surface area contributed by atoms with Crippen molar-refractivity contribution in [2.45, 2.75) is 13.8 Å². The molecule has 5 nitrogen and oxygen atoms in total. The molecule has 2 aromatic heterocycles. The number of pyridine rings is 1. The SMILES string of the molecule is C=C/C=C\C(=C)CNc1ncnc2ccc(-c3cnc(Cl)c(NSC)c3)cc12.CC. The van der Waals surface area contributed by atoms with Gasteiger partial charge in [-0.15, -0.1) is 0 Å². The summed E-state index contributed by atoms with van der Waals surface area (Å²) < 4.78 is 3.15. The van der Waals surface area contributed by atoms with Gasteiger partial charge in [-0.25, -0.2) is 15.0 Å². The van der Waals surface area contributed by atoms with Crippen LogP contribution in [0.1, 0.15) is 13.8 Å². The number of anilines is 2. The van der Waals surface area contributed by atoms with Crippen molar-refractivity contribution in [1.82, 2.24) is 15.0 Å². The first-order valence-electron chi connectivity index (χ1n) is 9.53. The van der Waals surface area contributed by atoms with Crippen LogP contribution in [-0.4, -0.2) is 27.8 Å². The van der Waals surface area contributed by atoms with Crippen LogP contribution in [0.15, 0.2) is 73.7 Å². The molecule has 0 atom stereocenters. The molecule has 0 aliphatic carbocycles. The summed E-state index contributed by atoms with van der Waals surface area (Å²) in [6.07, 6.45) is 10.7. The largest absolute Gasteiger partial charge is 0.365 e. The van der Waals surface area contributed by atoms with Crippen molar-refractivity contribution in [2.75, 3.05) is 22.8 Å². The van der Waals surface area contributed by atoms with E-state index in [9.17, 15) is 0 Å². The summed E-state index contributed by atoms with van der Waals surface area (Å²) in [4.78, 5) is 13.0. The van der Waals surface area contributed by atoms with Gasteiger partial charge in [0.2, 0.25) is 0 Å². The summed E-state index contributed by atoms with van der Waals surface area (Å²) >= 11 is 7.62. The van der Waals surface area contributed by atoms with E-state index in [1.165, 1.54) is 11.9 Å². The number of benzene rings is 1. The lowest BCUT2D eigenvalue weighted by molar-refractivity contribution is 1.17. The van der Waals surface area contributed by atoms with Crippen LogP contribution in [-0.2, 0) is 0 Å². The van der Waals surface area contributed by atoms with E-state index in [0.29, 0.717) is 11.7 Å². The van der Waals surface area contributed by atoms with Crippen LogP contribution in [0.25, 0.3) is 22.0 Å². The maximum atomic E-state index is 6.15. The molecule has 156 valence electrons. The molecule has 1 aromatic carbocycles. The number of hydrogen-bond donors (Lipinski definition) is 2. The molecule has 3 rings (SSSR count). The van der Waals surface area contributed by atoms with E-state index < -0.39 is 0 Å². The van der Waals surface area contributed by atoms with Crippen molar-refractivity contribution in [3.05, 3.63) is 78.9 Å². The van der Waals surface area contributed by atoms with Crippen LogP contribution >= 0.6 is 23.5 Å². The van der Waals surface area contributed by atoms with Crippen LogP contribution < -0.4 is 10.0 Å². The Morgan fingerprint density at radius 2 is 1.97 bits per heavy atom. The van der Waals surface area contributed by atoms with Gasteiger partial charge in [-0.2, -0.15) is 0 Å². The molecule has 0 bridgehead atoms. The van der Waals surface area contributed by atoms with E-state index in [0.717, 1.165) is 39.1 Å². The fourth-order valence-electron chi connectivity index (χ4n) is 2.62. The molecule has 0 fully saturated rings. The van der Waals surface area contributed by atoms with Crippen LogP contribution in [0, 0.1) is 0 Å². The minimum absolute atomic E-state index is 0.440. The first kappa shape index (κ1) is 23.4. The van der Waals surface area contributed by atoms with Gasteiger partial charge in [-0.3, -0.25) is 0 Å². The predicted octanol–water partition coefficient (Wildman–Crippen LogP) is 6.77. The molecule has 2 N–H and O–H groups in total. The van der Waals surface area contributed by atoms with Gasteiger partial charge in [-0.05, 0) is 29.3 Å². The third-order valence-corrected chi connectivity index (χ3v) is 4.70. The zero-order valence-corrected chi connectivity index (χ0v) is 19.0. The van der Waals surface area contributed by atoms with E-state index in [-0.39, 0.29) is 0 Å². The van der Waals surface area contributed by atoms with Crippen molar-refractivity contribution in [1.29, 1.82) is 0 Å². The maximum Gasteiger partial charge on any atom is 0.152 e. The summed E-state index contributed by atoms with van der Waals surface area (Å²) in [6.45, 7) is 12.3. The second-order valence-electron chi connectivity index (χ2n) is 5.93. The predicted molar refractivity (Wildman–Crippen MR) is 133 cm³/mol. The number of rotatable bonds is 8. The standard InChI is InChI=1S/C21H20ClN5S.C2H6/c1-4-5-6-14(2)11-24-21-17-9-15(7-8-18(17)25-13-26-21)16-10-19(27-28-3)20(22)23-12-16;1-2/h4-10,12-13,27H,1-2,11H2,3H3,(H,24,25,26);1-2H3/b6-5-;. The van der Waals surface area contributed by atoms with Gasteiger partial charge >= 0.3 is 0 Å². The Morgan fingerprint density at radius 3 is 2.70 bits per heavy atom. The Kier molecular flexibility index (Phi) is 9.38. The molecule has 0 spiro atoms. The molecule has 3 aromatic rings. The summed E-state index contributed by atoms with van der Waals surface area (Å²) in [5.74, 6) is 0.754. The highest BCUT2D eigenvalue weighted by atomic mass is 35.5. The molecular weight excluding hydrogens is 414 g/mol. The van der Waals surface area contributed by atoms with Gasteiger partial charge in [-0.1, -0.05) is 74.8 Å². The zero-order valence-electron chi connectivity index (χ0n) is 17.4. The zero-order chi connectivity index (χ0) is 21.9. The van der Waals surface area contributed by atoms with Gasteiger partial charge < -0.3 is 10.0 Å². The summed E-state index contributed by atoms with van der Waals surface area (Å²) in [5, 5.41) is 4.69. The molecule has 0 aliphatic heterocycles. The normalized spacial score (nSPS) is 10.4. The number of halogens is 1. The van der Waals surface area contributed by atoms with E-state index in [4.69, 9.17) is 11.6 Å². The Bertz CT molecular complexity index is 1050. The van der Waals surface area contributed by atoms with Crippen molar-refractivity contribution in [2.24, 2.45) is 0 Å². The third-order valence-electron chi connectivity index (χ3n) is 3.97. The average molecular weight is 440 g/mol. The number of hydrogen-bond acceptors (Lipinski definition) is 6. The number of allylic oxidation sites excluding steroid dienone is 2. The van der Waals surface area contributed by atoms with Gasteiger partial charge in [0.25, 0.3) is 0 Å². The Hall–Kier alpha value is -2.83. The molecule has 0 saturated carbocycles. The van der Waals surface area contributed by atoms with E-state index in [1.54, 1.807) is 18.6 Å². The summed E-state index contributed by atoms with van der Waals surface area (Å²) in [5.41, 5.74) is 4.52. The number of nitrogens with zero attached hydrogens (tertiary/aromatic N) is 3. The Balaban J connectivity index is 0.00000155. The highest BCUT2D eigenvalue weighted by molar-refractivity contribution is 7.99. The number of aromatic nitrogens is 3. The minimum Gasteiger partial charge on any atom is -0.365 e. The molecule has 7 heteroatoms. The molecular formula is C23H26ClN5S. The molecule has 0 aliphatic rings. The highest BCUT2D eigenvalue weighted by Gasteiger charge is 2.09. The second kappa shape index (κ2) is 12.0. The van der Waals surface area contributed by atoms with Crippen molar-refractivity contribution in [3.63, 3.8) is 0 Å². The van der Waals surface area contributed by atoms with Crippen LogP contribution in [0.5, 0.6) is 0 Å². The van der Waals surface area contributed by atoms with Crippen LogP contribution in [0.2, 0.25) is 5.15 Å². The lowest BCUT2D eigenvalue weighted by Gasteiger charge is -2.11. The molecule has 0 amide bonds. The Morgan fingerprint density at radius 1 is 1.17 bits per heavy atom. The number of nitrogens with one attached hydrogen (secondary N) is 2. The summed E-state index contributed by atoms with van der Waals surface area (Å²) in [7, 11) is 0. The summed E-state index contributed by atoms with van der Waals surface area (Å²) in [6, 6.07) is 8.01. The highest BCUT2D eigenvalue weighted by Crippen LogP contribution is 2.31. The molecule has 30 heavy (non-hydrogen) atoms. The van der Waals surface area contributed by atoms with Gasteiger partial charge in [0, 0.05) is 29.9 Å². The first-order valence-corrected chi connectivity index (χ1v) is 11.1. The van der Waals surface area contributed by atoms with E-state index in [2.05, 4.69) is 38.1 Å². The van der Waals surface area contributed by atoms with Gasteiger partial charge in [0.1, 0.15) is 12.1 Å². The van der Waals surface area contributed by atoms with Crippen molar-refractivity contribution >= 4 is 46.0 Å². The van der Waals surface area contributed by atoms with Crippen molar-refractivity contribution < 1.29 is 0 Å². The average Bonchev–Trinajstić information content (AvgIpc) is 2.79. The quantitative estimate of drug-likeness (QED) is 0.229. The second-order valence-corrected chi connectivity index (χ2v) is 6.90. The van der Waals surface area contributed by atoms with Crippen LogP contribution in [0.4, 0.5) is 11.5 Å². The number of fused-ring (bicyclic) bond motifs is 1. The minimum atomic E-state index is 0.440. The smallest absolute Gasteiger partial charge is 0.152 e. The van der Waals surface area contributed by atoms with Crippen molar-refractivity contribution in [3.8, 4) is 11.1 Å². The van der Waals surface area contributed by atoms with Gasteiger partial charge in [0.05, 0.1) is 11.2 Å². The molecule has 0 radical (unpaired) electrons. The Labute approximate surface area is 187 Å². The first-order chi connectivity index (χ1) is 14.6. The molecule has 0 unspecified atom stereocenters. The van der Waals surface area contributed by atoms with Gasteiger partial charge in [0.15, 0.2) is 5.15 Å². The van der Waals surface area contributed by atoms with Crippen LogP contribution in [0.3, 0.4) is 0 Å². The monoisotopic (exact) mass is 439 g/mol. The maximum absolute atomic E-state index is 6.15. The fraction of sp³-hybridized carbons (Fsp3) is 0.174. The lowest BCUT2D eigenvalue weighted by atomic mass is 10.0. The third kappa shape index (κ3) is 6.08. The molecule has 0 saturated heterocycles. The van der Waals surface area contributed by atoms with E-state index in [1.807, 2.05) is 56.5 Å². The topological polar surface area (TPSA) is 62.7 Å². The lowest BCUT2D eigenvalue weighted by Crippen LogP contribution is -2.05.